The third-order valence-corrected chi connectivity index (χ3v) is 8.37. The summed E-state index contributed by atoms with van der Waals surface area (Å²) in [5.41, 5.74) is 6.57. The van der Waals surface area contributed by atoms with E-state index in [4.69, 9.17) is 16.9 Å². The zero-order valence-corrected chi connectivity index (χ0v) is 24.2. The number of terminal acetylenes is 1. The average molecular weight is 609 g/mol. The number of aliphatic imine (C=N–C) groups is 1. The molecule has 2 heterocycles. The van der Waals surface area contributed by atoms with E-state index >= 15 is 0 Å². The lowest BCUT2D eigenvalue weighted by Crippen LogP contribution is -2.39. The Balaban J connectivity index is 2.03. The van der Waals surface area contributed by atoms with E-state index in [1.165, 1.54) is 55.0 Å². The average Bonchev–Trinajstić information content (AvgIpc) is 3.43. The number of thiazole rings is 1. The van der Waals surface area contributed by atoms with Gasteiger partial charge in [-0.05, 0) is 36.0 Å². The highest BCUT2D eigenvalue weighted by Crippen LogP contribution is 2.34. The van der Waals surface area contributed by atoms with E-state index in [9.17, 15) is 22.8 Å². The summed E-state index contributed by atoms with van der Waals surface area (Å²) in [7, 11) is -4.60. The van der Waals surface area contributed by atoms with Gasteiger partial charge in [-0.1, -0.05) is 30.7 Å². The van der Waals surface area contributed by atoms with Gasteiger partial charge in [0.25, 0.3) is 0 Å². The molecule has 0 saturated heterocycles. The number of nitriles is 1. The standard InChI is InChI=1S/C29H26F2N6O3S2/c1-5-7-20(10-11-32)25-15-26(24(6-2)28(31)36-19(3)30)35-17-27(25)40-18-21-8-9-23(14-22(21)16-33)42(4,38,39)37-29-34-12-13-41-29/h2,5,7-15,17H,1,18,32H2,3-4H3,(H2,34,37,38,39)/b11-10-,20-7+,28-24+,36-19?. The normalized spacial score (nSPS) is 13.8. The molecule has 0 spiro atoms. The molecule has 0 aliphatic carbocycles. The molecule has 0 aliphatic rings. The second-order valence-corrected chi connectivity index (χ2v) is 12.8. The van der Waals surface area contributed by atoms with E-state index in [1.54, 1.807) is 11.5 Å². The van der Waals surface area contributed by atoms with E-state index < -0.39 is 21.4 Å². The Morgan fingerprint density at radius 3 is 2.74 bits per heavy atom. The molecule has 0 amide bonds. The lowest BCUT2D eigenvalue weighted by Gasteiger charge is -2.39. The number of nitrogens with zero attached hydrogens (tertiary/aromatic N) is 4. The van der Waals surface area contributed by atoms with Gasteiger partial charge in [-0.2, -0.15) is 23.2 Å². The van der Waals surface area contributed by atoms with Crippen LogP contribution in [-0.2, 0) is 16.1 Å². The maximum absolute atomic E-state index is 14.5. The largest absolute Gasteiger partial charge is 0.487 e. The number of aromatic nitrogens is 2. The maximum Gasteiger partial charge on any atom is 0.233 e. The number of allylic oxidation sites excluding steroid dienone is 5. The Morgan fingerprint density at radius 2 is 2.14 bits per heavy atom. The van der Waals surface area contributed by atoms with Gasteiger partial charge in [0.1, 0.15) is 17.9 Å². The van der Waals surface area contributed by atoms with Crippen LogP contribution in [0.4, 0.5) is 13.9 Å². The molecule has 9 nitrogen and oxygen atoms in total. The molecule has 42 heavy (non-hydrogen) atoms. The second kappa shape index (κ2) is 13.1. The molecule has 13 heteroatoms. The van der Waals surface area contributed by atoms with Crippen LogP contribution in [0.5, 0.6) is 5.75 Å². The van der Waals surface area contributed by atoms with Crippen molar-refractivity contribution in [3.05, 3.63) is 101 Å². The van der Waals surface area contributed by atoms with Crippen LogP contribution in [0, 0.1) is 23.7 Å². The van der Waals surface area contributed by atoms with Gasteiger partial charge in [0.05, 0.1) is 28.4 Å². The summed E-state index contributed by atoms with van der Waals surface area (Å²) in [6.45, 7) is 4.51. The Labute approximate surface area is 245 Å². The van der Waals surface area contributed by atoms with Crippen LogP contribution in [0.25, 0.3) is 11.1 Å². The zero-order valence-electron chi connectivity index (χ0n) is 22.5. The SMILES string of the molecule is C#C/C(=C(/F)N=C(C)F)c1cc(C(/C=C\N)=C/C=C)c(OCc2ccc(S(C)(=O)(O)Nc3nccs3)cc2C#N)cn1. The van der Waals surface area contributed by atoms with Crippen LogP contribution in [0.15, 0.2) is 88.9 Å². The van der Waals surface area contributed by atoms with E-state index in [-0.39, 0.29) is 39.2 Å². The van der Waals surface area contributed by atoms with Crippen LogP contribution in [0.3, 0.4) is 0 Å². The quantitative estimate of drug-likeness (QED) is 0.105. The van der Waals surface area contributed by atoms with Gasteiger partial charge < -0.3 is 10.5 Å². The summed E-state index contributed by atoms with van der Waals surface area (Å²) >= 11 is 1.15. The molecular weight excluding hydrogens is 582 g/mol. The molecule has 3 rings (SSSR count). The fourth-order valence-corrected chi connectivity index (χ4v) is 6.11. The number of rotatable bonds is 11. The van der Waals surface area contributed by atoms with Gasteiger partial charge in [-0.3, -0.25) is 14.3 Å². The summed E-state index contributed by atoms with van der Waals surface area (Å²) in [4.78, 5) is 11.3. The van der Waals surface area contributed by atoms with Gasteiger partial charge in [-0.15, -0.1) is 27.3 Å². The van der Waals surface area contributed by atoms with Crippen LogP contribution in [-0.4, -0.2) is 31.0 Å². The van der Waals surface area contributed by atoms with Crippen molar-refractivity contribution in [1.29, 1.82) is 5.26 Å². The van der Waals surface area contributed by atoms with E-state index in [0.717, 1.165) is 24.5 Å². The molecule has 0 bridgehead atoms. The molecule has 216 valence electrons. The molecule has 4 N–H and O–H groups in total. The Bertz CT molecular complexity index is 1770. The summed E-state index contributed by atoms with van der Waals surface area (Å²) in [5, 5.41) is 11.7. The van der Waals surface area contributed by atoms with Crippen molar-refractivity contribution in [3.8, 4) is 24.2 Å². The molecule has 0 atom stereocenters. The number of benzene rings is 1. The third-order valence-electron chi connectivity index (χ3n) is 5.51. The van der Waals surface area contributed by atoms with Crippen LogP contribution in [0.2, 0.25) is 0 Å². The number of ether oxygens (including phenoxy) is 1. The number of hydrogen-bond acceptors (Lipinski definition) is 8. The molecule has 3 aromatic rings. The third kappa shape index (κ3) is 7.62. The Hall–Kier alpha value is -4.95. The number of hydrogen-bond donors (Lipinski definition) is 3. The first-order valence-electron chi connectivity index (χ1n) is 11.9. The zero-order chi connectivity index (χ0) is 30.9. The highest BCUT2D eigenvalue weighted by atomic mass is 32.3. The van der Waals surface area contributed by atoms with Gasteiger partial charge in [0.2, 0.25) is 11.1 Å². The minimum absolute atomic E-state index is 0.0136. The van der Waals surface area contributed by atoms with E-state index in [1.807, 2.05) is 6.07 Å². The van der Waals surface area contributed by atoms with Crippen molar-refractivity contribution in [2.24, 2.45) is 10.7 Å². The summed E-state index contributed by atoms with van der Waals surface area (Å²) < 4.78 is 60.7. The Kier molecular flexibility index (Phi) is 9.88. The first-order valence-corrected chi connectivity index (χ1v) is 15.1. The van der Waals surface area contributed by atoms with Crippen molar-refractivity contribution in [3.63, 3.8) is 0 Å². The number of nitrogens with two attached hydrogens (primary N) is 1. The fourth-order valence-electron chi connectivity index (χ4n) is 3.59. The minimum atomic E-state index is -4.60. The predicted molar refractivity (Wildman–Crippen MR) is 163 cm³/mol. The second-order valence-electron chi connectivity index (χ2n) is 8.64. The molecule has 0 radical (unpaired) electrons. The number of pyridine rings is 1. The molecule has 0 fully saturated rings. The molecular formula is C29H26F2N6O3S2. The van der Waals surface area contributed by atoms with Crippen molar-refractivity contribution < 1.29 is 22.3 Å². The van der Waals surface area contributed by atoms with E-state index in [2.05, 4.69) is 32.2 Å². The Morgan fingerprint density at radius 1 is 1.38 bits per heavy atom. The highest BCUT2D eigenvalue weighted by molar-refractivity contribution is 8.15. The lowest BCUT2D eigenvalue weighted by atomic mass is 10.0. The van der Waals surface area contributed by atoms with Crippen LogP contribution < -0.4 is 15.2 Å². The first kappa shape index (κ1) is 31.6. The topological polar surface area (TPSA) is 147 Å². The van der Waals surface area contributed by atoms with Crippen molar-refractivity contribution in [1.82, 2.24) is 9.97 Å². The maximum atomic E-state index is 14.5. The van der Waals surface area contributed by atoms with Crippen LogP contribution >= 0.6 is 11.3 Å². The fraction of sp³-hybridized carbons (Fsp3) is 0.103. The monoisotopic (exact) mass is 608 g/mol. The van der Waals surface area contributed by atoms with Crippen molar-refractivity contribution >= 4 is 43.1 Å². The lowest BCUT2D eigenvalue weighted by molar-refractivity contribution is 0.303. The van der Waals surface area contributed by atoms with Gasteiger partial charge in [0, 0.05) is 35.9 Å². The number of halogens is 2. The highest BCUT2D eigenvalue weighted by Gasteiger charge is 2.26. The van der Waals surface area contributed by atoms with Crippen molar-refractivity contribution in [2.75, 3.05) is 11.0 Å². The summed E-state index contributed by atoms with van der Waals surface area (Å²) in [5.74, 6) is 0.0816. The predicted octanol–water partition coefficient (Wildman–Crippen LogP) is 6.00. The molecule has 1 aromatic carbocycles. The summed E-state index contributed by atoms with van der Waals surface area (Å²) in [6.07, 6.45) is 15.3. The van der Waals surface area contributed by atoms with E-state index in [0.29, 0.717) is 16.7 Å². The molecule has 0 aliphatic heterocycles. The molecule has 2 aromatic heterocycles. The van der Waals surface area contributed by atoms with Gasteiger partial charge in [0.15, 0.2) is 5.97 Å². The smallest absolute Gasteiger partial charge is 0.233 e. The van der Waals surface area contributed by atoms with Gasteiger partial charge in [-0.25, -0.2) is 4.98 Å². The van der Waals surface area contributed by atoms with Crippen molar-refractivity contribution in [2.45, 2.75) is 18.4 Å². The number of anilines is 1. The summed E-state index contributed by atoms with van der Waals surface area (Å²) in [6, 6.07) is 7.66. The minimum Gasteiger partial charge on any atom is -0.487 e. The van der Waals surface area contributed by atoms with Gasteiger partial charge >= 0.3 is 0 Å². The molecule has 0 unspecified atom stereocenters. The first-order chi connectivity index (χ1) is 19.9. The van der Waals surface area contributed by atoms with Crippen LogP contribution in [0.1, 0.15) is 29.3 Å². The number of nitrogens with one attached hydrogen (secondary N) is 1. The molecule has 0 saturated carbocycles.